The molecule has 4 heteroatoms. The number of ether oxygens (including phenoxy) is 2. The fraction of sp³-hybridized carbons (Fsp3) is 0.500. The highest BCUT2D eigenvalue weighted by Gasteiger charge is 2.27. The number of aromatic hydroxyl groups is 1. The first kappa shape index (κ1) is 27.5. The predicted octanol–water partition coefficient (Wildman–Crippen LogP) is 7.80. The van der Waals surface area contributed by atoms with Gasteiger partial charge in [-0.1, -0.05) is 73.4 Å². The van der Waals surface area contributed by atoms with Gasteiger partial charge in [0.15, 0.2) is 0 Å². The highest BCUT2D eigenvalue weighted by molar-refractivity contribution is 5.88. The molecule has 0 fully saturated rings. The standard InChI is InChI=1S/C30H42O4/c1-9-11-12-17-34-28-24(19-22(29(3,4)5)20-25(28)30(6,7)8)23-18-21(13-15-26(23)31)14-16-27(32)33-10-2/h13-16,18-20,31H,9-12,17H2,1-8H3. The summed E-state index contributed by atoms with van der Waals surface area (Å²) in [7, 11) is 0. The molecule has 0 unspecified atom stereocenters. The van der Waals surface area contributed by atoms with Crippen LogP contribution in [0.3, 0.4) is 0 Å². The zero-order valence-corrected chi connectivity index (χ0v) is 22.2. The van der Waals surface area contributed by atoms with E-state index in [1.54, 1.807) is 25.1 Å². The van der Waals surface area contributed by atoms with Gasteiger partial charge in [0, 0.05) is 22.8 Å². The normalized spacial score (nSPS) is 12.2. The Bertz CT molecular complexity index is 1000. The summed E-state index contributed by atoms with van der Waals surface area (Å²) in [5.74, 6) is 0.609. The molecule has 0 saturated carbocycles. The van der Waals surface area contributed by atoms with Gasteiger partial charge < -0.3 is 14.6 Å². The van der Waals surface area contributed by atoms with Gasteiger partial charge in [-0.05, 0) is 59.6 Å². The molecule has 4 nitrogen and oxygen atoms in total. The second kappa shape index (κ2) is 11.6. The molecule has 0 aliphatic carbocycles. The summed E-state index contributed by atoms with van der Waals surface area (Å²) in [5, 5.41) is 10.9. The Hall–Kier alpha value is -2.75. The number of phenolic OH excluding ortho intramolecular Hbond substituents is 1. The van der Waals surface area contributed by atoms with Crippen LogP contribution in [0.4, 0.5) is 0 Å². The van der Waals surface area contributed by atoms with Crippen LogP contribution in [-0.2, 0) is 20.4 Å². The third-order valence-electron chi connectivity index (χ3n) is 5.77. The minimum Gasteiger partial charge on any atom is -0.507 e. The highest BCUT2D eigenvalue weighted by atomic mass is 16.5. The molecule has 2 rings (SSSR count). The van der Waals surface area contributed by atoms with Crippen LogP contribution < -0.4 is 4.74 Å². The van der Waals surface area contributed by atoms with Gasteiger partial charge in [0.25, 0.3) is 0 Å². The Balaban J connectivity index is 2.72. The molecular formula is C30H42O4. The van der Waals surface area contributed by atoms with Crippen molar-refractivity contribution < 1.29 is 19.4 Å². The molecule has 34 heavy (non-hydrogen) atoms. The number of unbranched alkanes of at least 4 members (excludes halogenated alkanes) is 2. The van der Waals surface area contributed by atoms with E-state index in [9.17, 15) is 9.90 Å². The zero-order chi connectivity index (χ0) is 25.5. The van der Waals surface area contributed by atoms with E-state index in [1.165, 1.54) is 11.6 Å². The Labute approximate surface area is 206 Å². The van der Waals surface area contributed by atoms with Gasteiger partial charge >= 0.3 is 5.97 Å². The second-order valence-electron chi connectivity index (χ2n) is 10.8. The summed E-state index contributed by atoms with van der Waals surface area (Å²) in [6, 6.07) is 9.74. The fourth-order valence-electron chi connectivity index (χ4n) is 3.73. The number of carbonyl (C=O) groups excluding carboxylic acids is 1. The van der Waals surface area contributed by atoms with E-state index in [0.29, 0.717) is 18.8 Å². The maximum Gasteiger partial charge on any atom is 0.330 e. The molecule has 0 saturated heterocycles. The summed E-state index contributed by atoms with van der Waals surface area (Å²) >= 11 is 0. The minimum absolute atomic E-state index is 0.0769. The van der Waals surface area contributed by atoms with E-state index in [1.807, 2.05) is 6.07 Å². The number of rotatable bonds is 9. The summed E-state index contributed by atoms with van der Waals surface area (Å²) in [4.78, 5) is 11.8. The first-order valence-electron chi connectivity index (χ1n) is 12.4. The number of benzene rings is 2. The van der Waals surface area contributed by atoms with Crippen molar-refractivity contribution in [1.29, 1.82) is 0 Å². The summed E-state index contributed by atoms with van der Waals surface area (Å²) < 4.78 is 11.4. The van der Waals surface area contributed by atoms with Gasteiger partial charge in [0.2, 0.25) is 0 Å². The molecule has 0 aliphatic rings. The summed E-state index contributed by atoms with van der Waals surface area (Å²) in [6.45, 7) is 18.1. The molecule has 0 radical (unpaired) electrons. The average molecular weight is 467 g/mol. The Morgan fingerprint density at radius 2 is 1.65 bits per heavy atom. The molecule has 0 aliphatic heterocycles. The van der Waals surface area contributed by atoms with Crippen molar-refractivity contribution in [3.05, 3.63) is 53.1 Å². The molecule has 0 aromatic heterocycles. The molecule has 0 bridgehead atoms. The van der Waals surface area contributed by atoms with Crippen LogP contribution in [0.15, 0.2) is 36.4 Å². The van der Waals surface area contributed by atoms with Gasteiger partial charge in [-0.15, -0.1) is 0 Å². The van der Waals surface area contributed by atoms with Crippen molar-refractivity contribution in [3.63, 3.8) is 0 Å². The van der Waals surface area contributed by atoms with Crippen LogP contribution in [0.5, 0.6) is 11.5 Å². The lowest BCUT2D eigenvalue weighted by Crippen LogP contribution is -2.19. The SMILES string of the molecule is CCCCCOc1c(-c2cc(C=CC(=O)OCC)ccc2O)cc(C(C)(C)C)cc1C(C)(C)C. The van der Waals surface area contributed by atoms with Crippen LogP contribution >= 0.6 is 0 Å². The van der Waals surface area contributed by atoms with Crippen LogP contribution in [0.1, 0.15) is 91.3 Å². The van der Waals surface area contributed by atoms with Crippen LogP contribution in [0.2, 0.25) is 0 Å². The molecule has 2 aromatic rings. The van der Waals surface area contributed by atoms with Crippen molar-refractivity contribution in [2.45, 2.75) is 85.5 Å². The first-order valence-corrected chi connectivity index (χ1v) is 12.4. The monoisotopic (exact) mass is 466 g/mol. The number of phenols is 1. The molecule has 0 amide bonds. The summed E-state index contributed by atoms with van der Waals surface area (Å²) in [5.41, 5.74) is 4.44. The van der Waals surface area contributed by atoms with Gasteiger partial charge in [-0.25, -0.2) is 4.79 Å². The highest BCUT2D eigenvalue weighted by Crippen LogP contribution is 2.45. The zero-order valence-electron chi connectivity index (χ0n) is 22.2. The fourth-order valence-corrected chi connectivity index (χ4v) is 3.73. The van der Waals surface area contributed by atoms with Crippen molar-refractivity contribution >= 4 is 12.0 Å². The number of esters is 1. The van der Waals surface area contributed by atoms with Crippen molar-refractivity contribution in [1.82, 2.24) is 0 Å². The van der Waals surface area contributed by atoms with E-state index in [-0.39, 0.29) is 22.5 Å². The van der Waals surface area contributed by atoms with E-state index < -0.39 is 0 Å². The van der Waals surface area contributed by atoms with Crippen LogP contribution in [0.25, 0.3) is 17.2 Å². The maximum atomic E-state index is 11.8. The van der Waals surface area contributed by atoms with Crippen LogP contribution in [-0.4, -0.2) is 24.3 Å². The van der Waals surface area contributed by atoms with Gasteiger partial charge in [-0.3, -0.25) is 0 Å². The lowest BCUT2D eigenvalue weighted by atomic mass is 9.78. The van der Waals surface area contributed by atoms with Crippen molar-refractivity contribution in [3.8, 4) is 22.6 Å². The van der Waals surface area contributed by atoms with E-state index in [0.717, 1.165) is 41.7 Å². The quantitative estimate of drug-likeness (QED) is 0.233. The number of hydrogen-bond acceptors (Lipinski definition) is 4. The topological polar surface area (TPSA) is 55.8 Å². The molecule has 1 N–H and O–H groups in total. The second-order valence-corrected chi connectivity index (χ2v) is 10.8. The van der Waals surface area contributed by atoms with E-state index in [4.69, 9.17) is 9.47 Å². The Morgan fingerprint density at radius 3 is 2.24 bits per heavy atom. The van der Waals surface area contributed by atoms with Gasteiger partial charge in [0.05, 0.1) is 13.2 Å². The Morgan fingerprint density at radius 1 is 0.941 bits per heavy atom. The van der Waals surface area contributed by atoms with Crippen molar-refractivity contribution in [2.24, 2.45) is 0 Å². The lowest BCUT2D eigenvalue weighted by molar-refractivity contribution is -0.137. The predicted molar refractivity (Wildman–Crippen MR) is 142 cm³/mol. The molecule has 0 atom stereocenters. The van der Waals surface area contributed by atoms with E-state index >= 15 is 0 Å². The molecule has 0 heterocycles. The first-order chi connectivity index (χ1) is 15.9. The smallest absolute Gasteiger partial charge is 0.330 e. The maximum absolute atomic E-state index is 11.8. The van der Waals surface area contributed by atoms with Gasteiger partial charge in [0.1, 0.15) is 11.5 Å². The molecule has 2 aromatic carbocycles. The lowest BCUT2D eigenvalue weighted by Gasteiger charge is -2.30. The van der Waals surface area contributed by atoms with Crippen LogP contribution in [0, 0.1) is 0 Å². The summed E-state index contributed by atoms with van der Waals surface area (Å²) in [6.07, 6.45) is 6.34. The minimum atomic E-state index is -0.387. The Kier molecular flexibility index (Phi) is 9.37. The number of hydrogen-bond donors (Lipinski definition) is 1. The van der Waals surface area contributed by atoms with Gasteiger partial charge in [-0.2, -0.15) is 0 Å². The largest absolute Gasteiger partial charge is 0.507 e. The third kappa shape index (κ3) is 7.38. The molecular weight excluding hydrogens is 424 g/mol. The third-order valence-corrected chi connectivity index (χ3v) is 5.77. The van der Waals surface area contributed by atoms with Crippen molar-refractivity contribution in [2.75, 3.05) is 13.2 Å². The van der Waals surface area contributed by atoms with E-state index in [2.05, 4.69) is 60.6 Å². The molecule has 0 spiro atoms. The average Bonchev–Trinajstić information content (AvgIpc) is 2.74. The number of carbonyl (C=O) groups is 1. The molecule has 186 valence electrons.